The van der Waals surface area contributed by atoms with Gasteiger partial charge in [0, 0.05) is 26.0 Å². The van der Waals surface area contributed by atoms with Gasteiger partial charge in [-0.2, -0.15) is 0 Å². The molecule has 0 aliphatic carbocycles. The molecule has 47 heavy (non-hydrogen) atoms. The molecule has 0 atom stereocenters. The molecule has 2 N–H and O–H groups in total. The maximum absolute atomic E-state index is 11.5. The van der Waals surface area contributed by atoms with Crippen LogP contribution in [0.15, 0.2) is 0 Å². The summed E-state index contributed by atoms with van der Waals surface area (Å²) in [5.74, 6) is -1.41. The maximum Gasteiger partial charge on any atom is 0.305 e. The Morgan fingerprint density at radius 1 is 0.447 bits per heavy atom. The molecule has 1 amide bonds. The van der Waals surface area contributed by atoms with Gasteiger partial charge in [0.2, 0.25) is 5.91 Å². The third-order valence-corrected chi connectivity index (χ3v) is 6.05. The molecule has 15 nitrogen and oxygen atoms in total. The zero-order valence-corrected chi connectivity index (χ0v) is 28.6. The third kappa shape index (κ3) is 40.1. The van der Waals surface area contributed by atoms with Crippen molar-refractivity contribution < 1.29 is 66.9 Å². The maximum atomic E-state index is 11.5. The highest BCUT2D eigenvalue weighted by Gasteiger charge is 2.04. The molecule has 0 radical (unpaired) electrons. The van der Waals surface area contributed by atoms with E-state index in [4.69, 9.17) is 52.5 Å². The van der Waals surface area contributed by atoms with E-state index in [0.717, 1.165) is 25.7 Å². The van der Waals surface area contributed by atoms with Crippen molar-refractivity contribution in [2.24, 2.45) is 0 Å². The fourth-order valence-corrected chi connectivity index (χ4v) is 3.55. The van der Waals surface area contributed by atoms with Crippen LogP contribution in [0.25, 0.3) is 0 Å². The van der Waals surface area contributed by atoms with Crippen molar-refractivity contribution >= 4 is 17.8 Å². The molecule has 0 spiro atoms. The lowest BCUT2D eigenvalue weighted by Crippen LogP contribution is -2.25. The lowest BCUT2D eigenvalue weighted by molar-refractivity contribution is -0.145. The Morgan fingerprint density at radius 3 is 1.21 bits per heavy atom. The number of carboxylic acid groups (broad SMARTS) is 1. The molecule has 0 aromatic heterocycles. The summed E-state index contributed by atoms with van der Waals surface area (Å²) < 4.78 is 54.0. The average Bonchev–Trinajstić information content (AvgIpc) is 3.06. The highest BCUT2D eigenvalue weighted by atomic mass is 16.6. The van der Waals surface area contributed by atoms with E-state index in [1.54, 1.807) is 0 Å². The summed E-state index contributed by atoms with van der Waals surface area (Å²) in [4.78, 5) is 33.3. The number of ether oxygens (including phenoxy) is 10. The van der Waals surface area contributed by atoms with Crippen molar-refractivity contribution in [2.75, 3.05) is 132 Å². The Bertz CT molecular complexity index is 701. The summed E-state index contributed by atoms with van der Waals surface area (Å²) in [6, 6.07) is 0. The second-order valence-corrected chi connectivity index (χ2v) is 10.1. The number of nitrogens with one attached hydrogen (secondary N) is 1. The SMILES string of the molecule is CCCCCCC(=O)OCCOCCOCCOCCOCCOCCOCCOCCOCCOCCCNC(=O)CCC(=O)O. The van der Waals surface area contributed by atoms with Crippen molar-refractivity contribution in [3.05, 3.63) is 0 Å². The predicted octanol–water partition coefficient (Wildman–Crippen LogP) is 2.02. The summed E-state index contributed by atoms with van der Waals surface area (Å²) in [7, 11) is 0. The Balaban J connectivity index is 3.12. The summed E-state index contributed by atoms with van der Waals surface area (Å²) >= 11 is 0. The first-order valence-corrected chi connectivity index (χ1v) is 16.9. The molecule has 0 aromatic rings. The number of aliphatic carboxylic acids is 1. The lowest BCUT2D eigenvalue weighted by atomic mass is 10.2. The van der Waals surface area contributed by atoms with Gasteiger partial charge in [-0.3, -0.25) is 14.4 Å². The zero-order chi connectivity index (χ0) is 34.3. The molecule has 0 aromatic carbocycles. The van der Waals surface area contributed by atoms with E-state index in [0.29, 0.717) is 138 Å². The monoisotopic (exact) mass is 683 g/mol. The van der Waals surface area contributed by atoms with Gasteiger partial charge in [0.05, 0.1) is 119 Å². The van der Waals surface area contributed by atoms with Crippen LogP contribution in [0, 0.1) is 0 Å². The van der Waals surface area contributed by atoms with E-state index in [1.807, 2.05) is 0 Å². The topological polar surface area (TPSA) is 176 Å². The van der Waals surface area contributed by atoms with Crippen molar-refractivity contribution in [3.63, 3.8) is 0 Å². The molecule has 0 bridgehead atoms. The van der Waals surface area contributed by atoms with Crippen LogP contribution in [0.2, 0.25) is 0 Å². The summed E-state index contributed by atoms with van der Waals surface area (Å²) in [6.07, 6.45) is 5.20. The highest BCUT2D eigenvalue weighted by molar-refractivity contribution is 5.80. The number of hydrogen-bond donors (Lipinski definition) is 2. The molecule has 0 aliphatic heterocycles. The smallest absolute Gasteiger partial charge is 0.305 e. The number of carboxylic acids is 1. The zero-order valence-electron chi connectivity index (χ0n) is 28.6. The van der Waals surface area contributed by atoms with Gasteiger partial charge in [0.25, 0.3) is 0 Å². The Kier molecular flexibility index (Phi) is 36.9. The van der Waals surface area contributed by atoms with Gasteiger partial charge in [-0.25, -0.2) is 0 Å². The Hall–Kier alpha value is -1.95. The molecule has 0 saturated carbocycles. The Morgan fingerprint density at radius 2 is 0.830 bits per heavy atom. The molecular formula is C32H61NO14. The standard InChI is InChI=1S/C32H61NO14/c1-2-3-4-5-7-32(37)47-29-28-46-27-26-45-25-24-44-23-22-43-21-20-42-19-18-41-17-16-40-15-14-39-13-12-38-11-6-10-33-30(34)8-9-31(35)36/h2-29H2,1H3,(H,33,34)(H,35,36). The summed E-state index contributed by atoms with van der Waals surface area (Å²) in [5.41, 5.74) is 0. The van der Waals surface area contributed by atoms with Crippen molar-refractivity contribution in [3.8, 4) is 0 Å². The molecule has 0 unspecified atom stereocenters. The largest absolute Gasteiger partial charge is 0.481 e. The van der Waals surface area contributed by atoms with Gasteiger partial charge < -0.3 is 57.8 Å². The molecule has 0 aliphatic rings. The first-order valence-electron chi connectivity index (χ1n) is 16.9. The quantitative estimate of drug-likeness (QED) is 0.0711. The van der Waals surface area contributed by atoms with Gasteiger partial charge in [0.1, 0.15) is 6.61 Å². The minimum atomic E-state index is -0.984. The van der Waals surface area contributed by atoms with E-state index in [1.165, 1.54) is 0 Å². The second-order valence-electron chi connectivity index (χ2n) is 10.1. The number of rotatable bonds is 39. The normalized spacial score (nSPS) is 11.2. The third-order valence-electron chi connectivity index (χ3n) is 6.05. The first kappa shape index (κ1) is 45.0. The molecule has 0 fully saturated rings. The minimum absolute atomic E-state index is 0.0118. The second kappa shape index (κ2) is 38.5. The number of carbonyl (C=O) groups excluding carboxylic acids is 2. The van der Waals surface area contributed by atoms with E-state index in [9.17, 15) is 14.4 Å². The van der Waals surface area contributed by atoms with Gasteiger partial charge >= 0.3 is 11.9 Å². The number of unbranched alkanes of at least 4 members (excludes halogenated alkanes) is 3. The molecule has 0 rings (SSSR count). The van der Waals surface area contributed by atoms with Crippen molar-refractivity contribution in [2.45, 2.75) is 58.3 Å². The molecule has 15 heteroatoms. The van der Waals surface area contributed by atoms with Gasteiger partial charge in [-0.05, 0) is 12.8 Å². The van der Waals surface area contributed by atoms with Crippen LogP contribution in [-0.2, 0) is 61.8 Å². The van der Waals surface area contributed by atoms with Gasteiger partial charge in [-0.1, -0.05) is 26.2 Å². The van der Waals surface area contributed by atoms with Crippen LogP contribution < -0.4 is 5.32 Å². The van der Waals surface area contributed by atoms with Crippen LogP contribution in [0.4, 0.5) is 0 Å². The number of carbonyl (C=O) groups is 3. The molecule has 0 heterocycles. The van der Waals surface area contributed by atoms with E-state index < -0.39 is 5.97 Å². The van der Waals surface area contributed by atoms with Crippen molar-refractivity contribution in [1.82, 2.24) is 5.32 Å². The van der Waals surface area contributed by atoms with Crippen molar-refractivity contribution in [1.29, 1.82) is 0 Å². The van der Waals surface area contributed by atoms with Crippen LogP contribution in [0.5, 0.6) is 0 Å². The van der Waals surface area contributed by atoms with Crippen LogP contribution in [0.1, 0.15) is 58.3 Å². The molecule has 0 saturated heterocycles. The lowest BCUT2D eigenvalue weighted by Gasteiger charge is -2.09. The highest BCUT2D eigenvalue weighted by Crippen LogP contribution is 2.03. The predicted molar refractivity (Wildman–Crippen MR) is 172 cm³/mol. The van der Waals surface area contributed by atoms with Gasteiger partial charge in [-0.15, -0.1) is 0 Å². The summed E-state index contributed by atoms with van der Waals surface area (Å²) in [5, 5.41) is 11.2. The first-order chi connectivity index (χ1) is 23.1. The number of hydrogen-bond acceptors (Lipinski definition) is 13. The van der Waals surface area contributed by atoms with Crippen LogP contribution in [-0.4, -0.2) is 155 Å². The minimum Gasteiger partial charge on any atom is -0.481 e. The molecular weight excluding hydrogens is 622 g/mol. The number of esters is 1. The van der Waals surface area contributed by atoms with E-state index in [-0.39, 0.29) is 31.3 Å². The number of amides is 1. The van der Waals surface area contributed by atoms with Crippen LogP contribution >= 0.6 is 0 Å². The van der Waals surface area contributed by atoms with Crippen LogP contribution in [0.3, 0.4) is 0 Å². The van der Waals surface area contributed by atoms with E-state index >= 15 is 0 Å². The van der Waals surface area contributed by atoms with E-state index in [2.05, 4.69) is 12.2 Å². The molecule has 278 valence electrons. The fraction of sp³-hybridized carbons (Fsp3) is 0.906. The van der Waals surface area contributed by atoms with Gasteiger partial charge in [0.15, 0.2) is 0 Å². The fourth-order valence-electron chi connectivity index (χ4n) is 3.55. The Labute approximate surface area is 280 Å². The summed E-state index contributed by atoms with van der Waals surface area (Å²) in [6.45, 7) is 11.2. The average molecular weight is 684 g/mol.